The molecule has 0 radical (unpaired) electrons. The molecular weight excluding hydrogens is 200 g/mol. The van der Waals surface area contributed by atoms with Crippen LogP contribution in [0.1, 0.15) is 18.1 Å². The highest BCUT2D eigenvalue weighted by atomic mass is 16.5. The molecule has 1 aromatic rings. The number of rotatable bonds is 4. The SMILES string of the molecule is CNC(C)(C#N)COc1ccc(C)cc1C. The van der Waals surface area contributed by atoms with E-state index in [1.54, 1.807) is 7.05 Å². The van der Waals surface area contributed by atoms with Crippen LogP contribution in [0.15, 0.2) is 18.2 Å². The van der Waals surface area contributed by atoms with Crippen LogP contribution >= 0.6 is 0 Å². The summed E-state index contributed by atoms with van der Waals surface area (Å²) in [7, 11) is 1.76. The van der Waals surface area contributed by atoms with Crippen LogP contribution in [0.4, 0.5) is 0 Å². The van der Waals surface area contributed by atoms with Gasteiger partial charge in [0, 0.05) is 0 Å². The predicted octanol–water partition coefficient (Wildman–Crippen LogP) is 2.18. The molecule has 1 unspecified atom stereocenters. The van der Waals surface area contributed by atoms with Gasteiger partial charge in [-0.1, -0.05) is 17.7 Å². The molecular formula is C13H18N2O. The predicted molar refractivity (Wildman–Crippen MR) is 64.5 cm³/mol. The Labute approximate surface area is 97.0 Å². The molecule has 1 atom stereocenters. The van der Waals surface area contributed by atoms with Crippen LogP contribution in [-0.4, -0.2) is 19.2 Å². The van der Waals surface area contributed by atoms with E-state index < -0.39 is 5.54 Å². The fraction of sp³-hybridized carbons (Fsp3) is 0.462. The van der Waals surface area contributed by atoms with Crippen LogP contribution in [0.2, 0.25) is 0 Å². The highest BCUT2D eigenvalue weighted by molar-refractivity contribution is 5.35. The summed E-state index contributed by atoms with van der Waals surface area (Å²) < 4.78 is 5.65. The first-order valence-corrected chi connectivity index (χ1v) is 5.31. The first-order valence-electron chi connectivity index (χ1n) is 5.31. The van der Waals surface area contributed by atoms with Crippen molar-refractivity contribution in [3.05, 3.63) is 29.3 Å². The second-order valence-corrected chi connectivity index (χ2v) is 4.25. The van der Waals surface area contributed by atoms with E-state index >= 15 is 0 Å². The topological polar surface area (TPSA) is 45.0 Å². The number of aryl methyl sites for hydroxylation is 2. The number of nitriles is 1. The van der Waals surface area contributed by atoms with Crippen molar-refractivity contribution in [2.24, 2.45) is 0 Å². The van der Waals surface area contributed by atoms with E-state index in [2.05, 4.69) is 17.5 Å². The van der Waals surface area contributed by atoms with E-state index in [4.69, 9.17) is 10.00 Å². The maximum absolute atomic E-state index is 8.98. The number of hydrogen-bond acceptors (Lipinski definition) is 3. The average molecular weight is 218 g/mol. The van der Waals surface area contributed by atoms with Crippen LogP contribution in [0.5, 0.6) is 5.75 Å². The monoisotopic (exact) mass is 218 g/mol. The molecule has 0 spiro atoms. The van der Waals surface area contributed by atoms with Crippen LogP contribution in [0.25, 0.3) is 0 Å². The van der Waals surface area contributed by atoms with Gasteiger partial charge in [-0.25, -0.2) is 0 Å². The molecule has 3 nitrogen and oxygen atoms in total. The van der Waals surface area contributed by atoms with Gasteiger partial charge in [-0.3, -0.25) is 5.32 Å². The van der Waals surface area contributed by atoms with E-state index in [-0.39, 0.29) is 0 Å². The molecule has 0 aliphatic heterocycles. The fourth-order valence-electron chi connectivity index (χ4n) is 1.34. The van der Waals surface area contributed by atoms with Crippen molar-refractivity contribution in [2.45, 2.75) is 26.3 Å². The number of benzene rings is 1. The fourth-order valence-corrected chi connectivity index (χ4v) is 1.34. The van der Waals surface area contributed by atoms with Crippen molar-refractivity contribution >= 4 is 0 Å². The lowest BCUT2D eigenvalue weighted by molar-refractivity contribution is 0.241. The molecule has 0 saturated carbocycles. The molecule has 0 heterocycles. The first-order chi connectivity index (χ1) is 7.50. The van der Waals surface area contributed by atoms with Gasteiger partial charge in [0.25, 0.3) is 0 Å². The van der Waals surface area contributed by atoms with Gasteiger partial charge in [0.2, 0.25) is 0 Å². The lowest BCUT2D eigenvalue weighted by atomic mass is 10.1. The van der Waals surface area contributed by atoms with Crippen molar-refractivity contribution in [2.75, 3.05) is 13.7 Å². The number of hydrogen-bond donors (Lipinski definition) is 1. The number of nitrogens with one attached hydrogen (secondary N) is 1. The van der Waals surface area contributed by atoms with Gasteiger partial charge < -0.3 is 4.74 Å². The number of nitrogens with zero attached hydrogens (tertiary/aromatic N) is 1. The molecule has 3 heteroatoms. The summed E-state index contributed by atoms with van der Waals surface area (Å²) in [5.41, 5.74) is 1.66. The van der Waals surface area contributed by atoms with E-state index in [1.807, 2.05) is 32.9 Å². The van der Waals surface area contributed by atoms with Crippen LogP contribution in [0.3, 0.4) is 0 Å². The van der Waals surface area contributed by atoms with Crippen LogP contribution in [0, 0.1) is 25.2 Å². The summed E-state index contributed by atoms with van der Waals surface area (Å²) in [6, 6.07) is 8.21. The molecule has 1 aromatic carbocycles. The van der Waals surface area contributed by atoms with Crippen molar-refractivity contribution < 1.29 is 4.74 Å². The highest BCUT2D eigenvalue weighted by Gasteiger charge is 2.22. The number of ether oxygens (including phenoxy) is 1. The highest BCUT2D eigenvalue weighted by Crippen LogP contribution is 2.19. The molecule has 0 aliphatic carbocycles. The molecule has 1 rings (SSSR count). The summed E-state index contributed by atoms with van der Waals surface area (Å²) in [6.45, 7) is 6.20. The molecule has 86 valence electrons. The average Bonchev–Trinajstić information content (AvgIpc) is 2.27. The third-order valence-corrected chi connectivity index (χ3v) is 2.65. The van der Waals surface area contributed by atoms with Crippen molar-refractivity contribution in [1.82, 2.24) is 5.32 Å². The zero-order valence-corrected chi connectivity index (χ0v) is 10.3. The standard InChI is InChI=1S/C13H18N2O/c1-10-5-6-12(11(2)7-10)16-9-13(3,8-14)15-4/h5-7,15H,9H2,1-4H3. The van der Waals surface area contributed by atoms with Crippen LogP contribution in [-0.2, 0) is 0 Å². The Kier molecular flexibility index (Phi) is 3.92. The van der Waals surface area contributed by atoms with Gasteiger partial charge in [0.05, 0.1) is 6.07 Å². The molecule has 0 saturated heterocycles. The molecule has 16 heavy (non-hydrogen) atoms. The summed E-state index contributed by atoms with van der Waals surface area (Å²) in [5.74, 6) is 0.835. The largest absolute Gasteiger partial charge is 0.490 e. The second kappa shape index (κ2) is 5.00. The van der Waals surface area contributed by atoms with E-state index in [0.717, 1.165) is 11.3 Å². The van der Waals surface area contributed by atoms with Crippen molar-refractivity contribution in [1.29, 1.82) is 5.26 Å². The summed E-state index contributed by atoms with van der Waals surface area (Å²) in [4.78, 5) is 0. The van der Waals surface area contributed by atoms with Gasteiger partial charge in [-0.05, 0) is 39.4 Å². The van der Waals surface area contributed by atoms with Gasteiger partial charge >= 0.3 is 0 Å². The third kappa shape index (κ3) is 2.98. The zero-order chi connectivity index (χ0) is 12.2. The lowest BCUT2D eigenvalue weighted by Gasteiger charge is -2.21. The summed E-state index contributed by atoms with van der Waals surface area (Å²) in [6.07, 6.45) is 0. The molecule has 0 bridgehead atoms. The van der Waals surface area contributed by atoms with E-state index in [0.29, 0.717) is 6.61 Å². The maximum atomic E-state index is 8.98. The Morgan fingerprint density at radius 2 is 2.12 bits per heavy atom. The van der Waals surface area contributed by atoms with E-state index in [1.165, 1.54) is 5.56 Å². The normalized spacial score (nSPS) is 13.9. The molecule has 1 N–H and O–H groups in total. The minimum atomic E-state index is -0.642. The Balaban J connectivity index is 2.72. The third-order valence-electron chi connectivity index (χ3n) is 2.65. The molecule has 0 fully saturated rings. The van der Waals surface area contributed by atoms with Gasteiger partial charge in [-0.2, -0.15) is 5.26 Å². The molecule has 0 aliphatic rings. The quantitative estimate of drug-likeness (QED) is 0.842. The van der Waals surface area contributed by atoms with Crippen molar-refractivity contribution in [3.63, 3.8) is 0 Å². The number of likely N-dealkylation sites (N-methyl/N-ethyl adjacent to an activating group) is 1. The van der Waals surface area contributed by atoms with Gasteiger partial charge in [-0.15, -0.1) is 0 Å². The van der Waals surface area contributed by atoms with Gasteiger partial charge in [0.15, 0.2) is 0 Å². The van der Waals surface area contributed by atoms with Gasteiger partial charge in [0.1, 0.15) is 17.9 Å². The Morgan fingerprint density at radius 3 is 2.62 bits per heavy atom. The van der Waals surface area contributed by atoms with Crippen molar-refractivity contribution in [3.8, 4) is 11.8 Å². The molecule has 0 aromatic heterocycles. The Hall–Kier alpha value is -1.53. The molecule has 0 amide bonds. The Morgan fingerprint density at radius 1 is 1.44 bits per heavy atom. The smallest absolute Gasteiger partial charge is 0.137 e. The first kappa shape index (κ1) is 12.5. The zero-order valence-electron chi connectivity index (χ0n) is 10.3. The second-order valence-electron chi connectivity index (χ2n) is 4.25. The Bertz CT molecular complexity index is 409. The van der Waals surface area contributed by atoms with Crippen LogP contribution < -0.4 is 10.1 Å². The lowest BCUT2D eigenvalue weighted by Crippen LogP contribution is -2.43. The summed E-state index contributed by atoms with van der Waals surface area (Å²) >= 11 is 0. The minimum absolute atomic E-state index is 0.337. The maximum Gasteiger partial charge on any atom is 0.137 e. The minimum Gasteiger partial charge on any atom is -0.490 e. The summed E-state index contributed by atoms with van der Waals surface area (Å²) in [5, 5.41) is 11.9. The van der Waals surface area contributed by atoms with E-state index in [9.17, 15) is 0 Å².